The maximum absolute atomic E-state index is 6.31. The van der Waals surface area contributed by atoms with Gasteiger partial charge in [0.2, 0.25) is 5.16 Å². The Morgan fingerprint density at radius 2 is 1.90 bits per heavy atom. The number of fused-ring (bicyclic) bond motifs is 1. The van der Waals surface area contributed by atoms with Crippen LogP contribution in [0.5, 0.6) is 0 Å². The van der Waals surface area contributed by atoms with Crippen LogP contribution in [0.1, 0.15) is 32.4 Å². The SMILES string of the molecule is COCc1nc(Sc2nnc(C(C)(C)C)n2N)c2c(-c3ccccc3)csc2n1. The summed E-state index contributed by atoms with van der Waals surface area (Å²) < 4.78 is 6.80. The van der Waals surface area contributed by atoms with Gasteiger partial charge >= 0.3 is 0 Å². The highest BCUT2D eigenvalue weighted by atomic mass is 32.2. The van der Waals surface area contributed by atoms with Crippen LogP contribution in [0.3, 0.4) is 0 Å². The molecule has 0 unspecified atom stereocenters. The molecule has 3 aromatic heterocycles. The molecule has 0 aliphatic carbocycles. The Labute approximate surface area is 177 Å². The molecular formula is C20H22N6OS2. The molecule has 1 aromatic carbocycles. The fourth-order valence-electron chi connectivity index (χ4n) is 2.99. The van der Waals surface area contributed by atoms with E-state index in [1.165, 1.54) is 11.8 Å². The summed E-state index contributed by atoms with van der Waals surface area (Å²) in [6, 6.07) is 10.2. The molecule has 0 atom stereocenters. The fraction of sp³-hybridized carbons (Fsp3) is 0.300. The molecule has 0 radical (unpaired) electrons. The number of ether oxygens (including phenoxy) is 1. The molecular weight excluding hydrogens is 404 g/mol. The lowest BCUT2D eigenvalue weighted by atomic mass is 9.96. The molecule has 0 spiro atoms. The van der Waals surface area contributed by atoms with E-state index in [2.05, 4.69) is 53.5 Å². The first kappa shape index (κ1) is 19.8. The number of hydrogen-bond donors (Lipinski definition) is 1. The van der Waals surface area contributed by atoms with Crippen LogP contribution in [-0.4, -0.2) is 32.0 Å². The lowest BCUT2D eigenvalue weighted by Crippen LogP contribution is -2.24. The highest BCUT2D eigenvalue weighted by Gasteiger charge is 2.25. The molecule has 7 nitrogen and oxygen atoms in total. The summed E-state index contributed by atoms with van der Waals surface area (Å²) in [4.78, 5) is 10.3. The van der Waals surface area contributed by atoms with Gasteiger partial charge in [-0.3, -0.25) is 0 Å². The van der Waals surface area contributed by atoms with E-state index in [-0.39, 0.29) is 5.41 Å². The van der Waals surface area contributed by atoms with Gasteiger partial charge in [-0.1, -0.05) is 51.1 Å². The molecule has 9 heteroatoms. The molecule has 0 aliphatic rings. The van der Waals surface area contributed by atoms with Gasteiger partial charge in [-0.15, -0.1) is 21.5 Å². The van der Waals surface area contributed by atoms with Gasteiger partial charge in [0.25, 0.3) is 0 Å². The summed E-state index contributed by atoms with van der Waals surface area (Å²) in [7, 11) is 1.64. The van der Waals surface area contributed by atoms with Crippen molar-refractivity contribution in [2.24, 2.45) is 0 Å². The lowest BCUT2D eigenvalue weighted by molar-refractivity contribution is 0.177. The van der Waals surface area contributed by atoms with E-state index in [1.807, 2.05) is 18.2 Å². The largest absolute Gasteiger partial charge is 0.377 e. The Bertz CT molecular complexity index is 1150. The summed E-state index contributed by atoms with van der Waals surface area (Å²) in [5.74, 6) is 7.65. The van der Waals surface area contributed by atoms with Gasteiger partial charge in [0.1, 0.15) is 16.5 Å². The molecule has 150 valence electrons. The zero-order valence-corrected chi connectivity index (χ0v) is 18.3. The van der Waals surface area contributed by atoms with Gasteiger partial charge in [-0.05, 0) is 17.3 Å². The van der Waals surface area contributed by atoms with Crippen LogP contribution in [0.4, 0.5) is 0 Å². The highest BCUT2D eigenvalue weighted by molar-refractivity contribution is 7.99. The van der Waals surface area contributed by atoms with Crippen molar-refractivity contribution in [3.63, 3.8) is 0 Å². The third-order valence-electron chi connectivity index (χ3n) is 4.33. The predicted molar refractivity (Wildman–Crippen MR) is 117 cm³/mol. The Balaban J connectivity index is 1.86. The summed E-state index contributed by atoms with van der Waals surface area (Å²) in [6.07, 6.45) is 0. The third kappa shape index (κ3) is 3.85. The van der Waals surface area contributed by atoms with Gasteiger partial charge < -0.3 is 10.6 Å². The van der Waals surface area contributed by atoms with Crippen LogP contribution < -0.4 is 5.84 Å². The van der Waals surface area contributed by atoms with Crippen molar-refractivity contribution >= 4 is 33.3 Å². The molecule has 0 aliphatic heterocycles. The fourth-order valence-corrected chi connectivity index (χ4v) is 4.92. The summed E-state index contributed by atoms with van der Waals surface area (Å²) in [6.45, 7) is 6.51. The summed E-state index contributed by atoms with van der Waals surface area (Å²) >= 11 is 2.99. The van der Waals surface area contributed by atoms with E-state index >= 15 is 0 Å². The predicted octanol–water partition coefficient (Wildman–Crippen LogP) is 4.26. The van der Waals surface area contributed by atoms with E-state index < -0.39 is 0 Å². The Hall–Kier alpha value is -2.49. The quantitative estimate of drug-likeness (QED) is 0.376. The van der Waals surface area contributed by atoms with Crippen molar-refractivity contribution in [2.45, 2.75) is 43.0 Å². The second-order valence-electron chi connectivity index (χ2n) is 7.60. The first-order chi connectivity index (χ1) is 13.9. The topological polar surface area (TPSA) is 91.7 Å². The van der Waals surface area contributed by atoms with E-state index in [0.29, 0.717) is 17.6 Å². The van der Waals surface area contributed by atoms with Gasteiger partial charge in [0.05, 0.1) is 5.39 Å². The number of nitrogen functional groups attached to an aromatic ring is 1. The maximum atomic E-state index is 6.31. The standard InChI is InChI=1S/C20H22N6OS2/c1-20(2,3)18-24-25-19(26(18)21)29-17-15-13(12-8-6-5-7-9-12)11-28-16(15)22-14(23-17)10-27-4/h5-9,11H,10,21H2,1-4H3. The normalized spacial score (nSPS) is 12.0. The zero-order valence-electron chi connectivity index (χ0n) is 16.7. The van der Waals surface area contributed by atoms with E-state index in [4.69, 9.17) is 15.6 Å². The Morgan fingerprint density at radius 3 is 2.55 bits per heavy atom. The van der Waals surface area contributed by atoms with E-state index in [9.17, 15) is 0 Å². The number of nitrogens with two attached hydrogens (primary N) is 1. The first-order valence-electron chi connectivity index (χ1n) is 9.09. The molecule has 3 heterocycles. The van der Waals surface area contributed by atoms with E-state index in [0.717, 1.165) is 32.2 Å². The molecule has 0 fully saturated rings. The number of benzene rings is 1. The van der Waals surface area contributed by atoms with Crippen LogP contribution >= 0.6 is 23.1 Å². The smallest absolute Gasteiger partial charge is 0.216 e. The maximum Gasteiger partial charge on any atom is 0.216 e. The number of methoxy groups -OCH3 is 1. The average Bonchev–Trinajstić information content (AvgIpc) is 3.27. The second kappa shape index (κ2) is 7.74. The minimum atomic E-state index is -0.208. The van der Waals surface area contributed by atoms with E-state index in [1.54, 1.807) is 23.1 Å². The molecule has 4 aromatic rings. The summed E-state index contributed by atoms with van der Waals surface area (Å²) in [5, 5.41) is 13.1. The molecule has 0 amide bonds. The molecule has 2 N–H and O–H groups in total. The molecule has 0 saturated heterocycles. The zero-order chi connectivity index (χ0) is 20.6. The molecule has 4 rings (SSSR count). The van der Waals surface area contributed by atoms with Crippen molar-refractivity contribution in [3.05, 3.63) is 47.4 Å². The Morgan fingerprint density at radius 1 is 1.14 bits per heavy atom. The number of hydrogen-bond acceptors (Lipinski definition) is 8. The number of thiophene rings is 1. The molecule has 0 saturated carbocycles. The highest BCUT2D eigenvalue weighted by Crippen LogP contribution is 2.40. The first-order valence-corrected chi connectivity index (χ1v) is 10.8. The lowest BCUT2D eigenvalue weighted by Gasteiger charge is -2.16. The van der Waals surface area contributed by atoms with Crippen LogP contribution in [0, 0.1) is 0 Å². The van der Waals surface area contributed by atoms with Gasteiger partial charge in [-0.2, -0.15) is 0 Å². The number of aromatic nitrogens is 5. The molecule has 29 heavy (non-hydrogen) atoms. The summed E-state index contributed by atoms with van der Waals surface area (Å²) in [5.41, 5.74) is 2.00. The third-order valence-corrected chi connectivity index (χ3v) is 6.15. The van der Waals surface area contributed by atoms with Crippen LogP contribution in [0.2, 0.25) is 0 Å². The van der Waals surface area contributed by atoms with Crippen molar-refractivity contribution < 1.29 is 4.74 Å². The van der Waals surface area contributed by atoms with Crippen molar-refractivity contribution in [3.8, 4) is 11.1 Å². The minimum Gasteiger partial charge on any atom is -0.377 e. The minimum absolute atomic E-state index is 0.208. The van der Waals surface area contributed by atoms with Gasteiger partial charge in [-0.25, -0.2) is 14.6 Å². The van der Waals surface area contributed by atoms with Crippen LogP contribution in [0.25, 0.3) is 21.3 Å². The average molecular weight is 427 g/mol. The van der Waals surface area contributed by atoms with Crippen molar-refractivity contribution in [1.82, 2.24) is 24.8 Å². The van der Waals surface area contributed by atoms with Crippen LogP contribution in [-0.2, 0) is 16.8 Å². The van der Waals surface area contributed by atoms with Crippen molar-refractivity contribution in [1.29, 1.82) is 0 Å². The van der Waals surface area contributed by atoms with Crippen LogP contribution in [0.15, 0.2) is 45.9 Å². The second-order valence-corrected chi connectivity index (χ2v) is 9.42. The number of rotatable bonds is 5. The number of nitrogens with zero attached hydrogens (tertiary/aromatic N) is 5. The van der Waals surface area contributed by atoms with Gasteiger partial charge in [0.15, 0.2) is 11.6 Å². The Kier molecular flexibility index (Phi) is 5.28. The monoisotopic (exact) mass is 426 g/mol. The molecule has 0 bridgehead atoms. The van der Waals surface area contributed by atoms with Gasteiger partial charge in [0, 0.05) is 23.5 Å². The van der Waals surface area contributed by atoms with Crippen molar-refractivity contribution in [2.75, 3.05) is 13.0 Å².